The smallest absolute Gasteiger partial charge is 0.311 e. The Balaban J connectivity index is 2.58. The van der Waals surface area contributed by atoms with Crippen LogP contribution in [0.4, 0.5) is 0 Å². The number of carbonyl (C=O) groups is 1. The lowest BCUT2D eigenvalue weighted by Gasteiger charge is -1.98. The van der Waals surface area contributed by atoms with E-state index in [1.165, 1.54) is 0 Å². The zero-order chi connectivity index (χ0) is 11.0. The van der Waals surface area contributed by atoms with E-state index in [-0.39, 0.29) is 6.42 Å². The molecule has 0 atom stereocenters. The van der Waals surface area contributed by atoms with E-state index in [4.69, 9.17) is 5.11 Å². The summed E-state index contributed by atoms with van der Waals surface area (Å²) >= 11 is 3.35. The number of rotatable bonds is 2. The van der Waals surface area contributed by atoms with Crippen LogP contribution in [0.3, 0.4) is 0 Å². The second-order valence-corrected chi connectivity index (χ2v) is 4.21. The minimum absolute atomic E-state index is 0.0528. The first kappa shape index (κ1) is 10.2. The van der Waals surface area contributed by atoms with Gasteiger partial charge in [-0.2, -0.15) is 0 Å². The Morgan fingerprint density at radius 1 is 1.60 bits per heavy atom. The predicted octanol–water partition coefficient (Wildman–Crippen LogP) is 1.96. The topological polar surface area (TPSA) is 55.1 Å². The fourth-order valence-corrected chi connectivity index (χ4v) is 1.87. The summed E-state index contributed by atoms with van der Waals surface area (Å²) in [7, 11) is 1.82. The molecule has 78 valence electrons. The molecule has 2 aromatic rings. The third-order valence-corrected chi connectivity index (χ3v) is 2.74. The highest BCUT2D eigenvalue weighted by molar-refractivity contribution is 9.10. The van der Waals surface area contributed by atoms with Crippen molar-refractivity contribution in [1.29, 1.82) is 0 Å². The lowest BCUT2D eigenvalue weighted by molar-refractivity contribution is -0.136. The third-order valence-electron chi connectivity index (χ3n) is 2.24. The van der Waals surface area contributed by atoms with Gasteiger partial charge in [-0.05, 0) is 18.2 Å². The van der Waals surface area contributed by atoms with Crippen molar-refractivity contribution in [3.05, 3.63) is 28.5 Å². The van der Waals surface area contributed by atoms with Crippen molar-refractivity contribution in [2.24, 2.45) is 7.05 Å². The normalized spacial score (nSPS) is 10.8. The standard InChI is InChI=1S/C10H9BrN2O2/c1-13-8-3-2-6(11)4-7(8)12-9(13)5-10(14)15/h2-4H,5H2,1H3,(H,14,15). The summed E-state index contributed by atoms with van der Waals surface area (Å²) in [5, 5.41) is 8.71. The zero-order valence-corrected chi connectivity index (χ0v) is 9.65. The van der Waals surface area contributed by atoms with Gasteiger partial charge in [0.2, 0.25) is 0 Å². The van der Waals surface area contributed by atoms with Crippen molar-refractivity contribution in [3.8, 4) is 0 Å². The molecule has 0 saturated carbocycles. The van der Waals surface area contributed by atoms with Crippen molar-refractivity contribution >= 4 is 32.9 Å². The van der Waals surface area contributed by atoms with Crippen LogP contribution in [0.25, 0.3) is 11.0 Å². The average Bonchev–Trinajstić information content (AvgIpc) is 2.42. The molecule has 1 heterocycles. The van der Waals surface area contributed by atoms with E-state index in [1.807, 2.05) is 25.2 Å². The monoisotopic (exact) mass is 268 g/mol. The van der Waals surface area contributed by atoms with E-state index < -0.39 is 5.97 Å². The van der Waals surface area contributed by atoms with Gasteiger partial charge in [-0.3, -0.25) is 4.79 Å². The van der Waals surface area contributed by atoms with Crippen LogP contribution in [-0.4, -0.2) is 20.6 Å². The Hall–Kier alpha value is -1.36. The highest BCUT2D eigenvalue weighted by Crippen LogP contribution is 2.20. The van der Waals surface area contributed by atoms with Crippen LogP contribution < -0.4 is 0 Å². The molecule has 0 unspecified atom stereocenters. The quantitative estimate of drug-likeness (QED) is 0.906. The van der Waals surface area contributed by atoms with Gasteiger partial charge in [0.1, 0.15) is 12.2 Å². The van der Waals surface area contributed by atoms with Crippen molar-refractivity contribution in [1.82, 2.24) is 9.55 Å². The Morgan fingerprint density at radius 2 is 2.33 bits per heavy atom. The molecule has 1 N–H and O–H groups in total. The molecular formula is C10H9BrN2O2. The molecule has 2 rings (SSSR count). The molecule has 0 radical (unpaired) electrons. The van der Waals surface area contributed by atoms with Gasteiger partial charge in [0.05, 0.1) is 11.0 Å². The molecule has 15 heavy (non-hydrogen) atoms. The average molecular weight is 269 g/mol. The molecule has 0 aliphatic rings. The SMILES string of the molecule is Cn1c(CC(=O)O)nc2cc(Br)ccc21. The van der Waals surface area contributed by atoms with E-state index in [9.17, 15) is 4.79 Å². The molecule has 0 aliphatic heterocycles. The predicted molar refractivity (Wildman–Crippen MR) is 59.8 cm³/mol. The Bertz CT molecular complexity index is 533. The number of aliphatic carboxylic acids is 1. The first-order valence-corrected chi connectivity index (χ1v) is 5.20. The van der Waals surface area contributed by atoms with Crippen molar-refractivity contribution in [3.63, 3.8) is 0 Å². The third kappa shape index (κ3) is 1.87. The highest BCUT2D eigenvalue weighted by Gasteiger charge is 2.10. The minimum atomic E-state index is -0.868. The highest BCUT2D eigenvalue weighted by atomic mass is 79.9. The summed E-state index contributed by atoms with van der Waals surface area (Å²) in [5.74, 6) is -0.303. The number of halogens is 1. The number of benzene rings is 1. The van der Waals surface area contributed by atoms with E-state index >= 15 is 0 Å². The second-order valence-electron chi connectivity index (χ2n) is 3.29. The van der Waals surface area contributed by atoms with Gasteiger partial charge in [0.25, 0.3) is 0 Å². The van der Waals surface area contributed by atoms with Gasteiger partial charge in [0, 0.05) is 11.5 Å². The molecule has 0 bridgehead atoms. The number of aryl methyl sites for hydroxylation is 1. The summed E-state index contributed by atoms with van der Waals surface area (Å²) in [5.41, 5.74) is 1.75. The summed E-state index contributed by atoms with van der Waals surface area (Å²) in [6, 6.07) is 5.70. The van der Waals surface area contributed by atoms with Crippen molar-refractivity contribution < 1.29 is 9.90 Å². The molecule has 0 aliphatic carbocycles. The van der Waals surface area contributed by atoms with Crippen molar-refractivity contribution in [2.75, 3.05) is 0 Å². The van der Waals surface area contributed by atoms with E-state index in [0.29, 0.717) is 5.82 Å². The van der Waals surface area contributed by atoms with Crippen LogP contribution in [-0.2, 0) is 18.3 Å². The van der Waals surface area contributed by atoms with E-state index in [2.05, 4.69) is 20.9 Å². The molecule has 0 saturated heterocycles. The van der Waals surface area contributed by atoms with Crippen LogP contribution in [0.5, 0.6) is 0 Å². The van der Waals surface area contributed by atoms with Crippen LogP contribution >= 0.6 is 15.9 Å². The largest absolute Gasteiger partial charge is 0.481 e. The summed E-state index contributed by atoms with van der Waals surface area (Å²) in [6.45, 7) is 0. The molecule has 4 nitrogen and oxygen atoms in total. The van der Waals surface area contributed by atoms with Gasteiger partial charge in [-0.25, -0.2) is 4.98 Å². The number of carboxylic acids is 1. The number of aromatic nitrogens is 2. The minimum Gasteiger partial charge on any atom is -0.481 e. The van der Waals surface area contributed by atoms with E-state index in [0.717, 1.165) is 15.5 Å². The number of carboxylic acid groups (broad SMARTS) is 1. The second kappa shape index (κ2) is 3.66. The maximum absolute atomic E-state index is 10.6. The van der Waals surface area contributed by atoms with Gasteiger partial charge in [-0.1, -0.05) is 15.9 Å². The molecule has 1 aromatic heterocycles. The molecule has 0 spiro atoms. The molecule has 1 aromatic carbocycles. The van der Waals surface area contributed by atoms with Gasteiger partial charge in [0.15, 0.2) is 0 Å². The van der Waals surface area contributed by atoms with Gasteiger partial charge >= 0.3 is 5.97 Å². The first-order chi connectivity index (χ1) is 7.08. The van der Waals surface area contributed by atoms with Crippen LogP contribution in [0.15, 0.2) is 22.7 Å². The Labute approximate surface area is 94.7 Å². The van der Waals surface area contributed by atoms with Crippen LogP contribution in [0.2, 0.25) is 0 Å². The number of imidazole rings is 1. The molecule has 0 amide bonds. The van der Waals surface area contributed by atoms with Crippen molar-refractivity contribution in [2.45, 2.75) is 6.42 Å². The number of hydrogen-bond donors (Lipinski definition) is 1. The summed E-state index contributed by atoms with van der Waals surface area (Å²) in [6.07, 6.45) is -0.0528. The maximum Gasteiger partial charge on any atom is 0.311 e. The fourth-order valence-electron chi connectivity index (χ4n) is 1.52. The van der Waals surface area contributed by atoms with Gasteiger partial charge in [-0.15, -0.1) is 0 Å². The summed E-state index contributed by atoms with van der Waals surface area (Å²) < 4.78 is 2.74. The van der Waals surface area contributed by atoms with Gasteiger partial charge < -0.3 is 9.67 Å². The number of nitrogens with zero attached hydrogens (tertiary/aromatic N) is 2. The number of fused-ring (bicyclic) bond motifs is 1. The zero-order valence-electron chi connectivity index (χ0n) is 8.07. The maximum atomic E-state index is 10.6. The van der Waals surface area contributed by atoms with Crippen LogP contribution in [0.1, 0.15) is 5.82 Å². The first-order valence-electron chi connectivity index (χ1n) is 4.40. The Morgan fingerprint density at radius 3 is 3.00 bits per heavy atom. The molecule has 0 fully saturated rings. The Kier molecular flexibility index (Phi) is 2.48. The van der Waals surface area contributed by atoms with Crippen LogP contribution in [0, 0.1) is 0 Å². The summed E-state index contributed by atoms with van der Waals surface area (Å²) in [4.78, 5) is 14.9. The molecular weight excluding hydrogens is 260 g/mol. The lowest BCUT2D eigenvalue weighted by atomic mass is 10.3. The lowest BCUT2D eigenvalue weighted by Crippen LogP contribution is -2.06. The molecule has 5 heteroatoms. The fraction of sp³-hybridized carbons (Fsp3) is 0.200. The van der Waals surface area contributed by atoms with E-state index in [1.54, 1.807) is 4.57 Å². The number of hydrogen-bond acceptors (Lipinski definition) is 2.